The molecule has 1 aliphatic heterocycles. The van der Waals surface area contributed by atoms with E-state index in [-0.39, 0.29) is 5.92 Å². The van der Waals surface area contributed by atoms with Gasteiger partial charge in [-0.15, -0.1) is 0 Å². The van der Waals surface area contributed by atoms with Crippen molar-refractivity contribution in [3.05, 3.63) is 0 Å². The molecule has 0 saturated carbocycles. The fourth-order valence-corrected chi connectivity index (χ4v) is 2.31. The van der Waals surface area contributed by atoms with E-state index in [0.717, 1.165) is 26.2 Å². The Hall–Kier alpha value is -0.160. The van der Waals surface area contributed by atoms with Crippen LogP contribution in [0.15, 0.2) is 0 Å². The van der Waals surface area contributed by atoms with Crippen molar-refractivity contribution in [1.82, 2.24) is 10.2 Å². The number of nitrogens with zero attached hydrogens (tertiary/aromatic N) is 1. The van der Waals surface area contributed by atoms with Gasteiger partial charge in [0.05, 0.1) is 12.2 Å². The van der Waals surface area contributed by atoms with Crippen LogP contribution in [-0.2, 0) is 4.74 Å². The molecule has 108 valence electrons. The molecule has 0 amide bonds. The molecule has 1 heterocycles. The summed E-state index contributed by atoms with van der Waals surface area (Å²) in [6, 6.07) is 0.574. The summed E-state index contributed by atoms with van der Waals surface area (Å²) in [5, 5.41) is 13.9. The van der Waals surface area contributed by atoms with Gasteiger partial charge < -0.3 is 15.2 Å². The molecule has 2 N–H and O–H groups in total. The first kappa shape index (κ1) is 15.9. The average molecular weight is 258 g/mol. The molecular formula is C14H30N2O2. The molecule has 18 heavy (non-hydrogen) atoms. The lowest BCUT2D eigenvalue weighted by Gasteiger charge is -2.35. The van der Waals surface area contributed by atoms with Crippen LogP contribution in [0.25, 0.3) is 0 Å². The molecule has 4 heteroatoms. The molecule has 0 aromatic rings. The van der Waals surface area contributed by atoms with Crippen LogP contribution < -0.4 is 5.32 Å². The Kier molecular flexibility index (Phi) is 6.57. The molecule has 0 radical (unpaired) electrons. The summed E-state index contributed by atoms with van der Waals surface area (Å²) in [7, 11) is 1.73. The molecule has 0 bridgehead atoms. The van der Waals surface area contributed by atoms with Gasteiger partial charge in [-0.25, -0.2) is 0 Å². The lowest BCUT2D eigenvalue weighted by Crippen LogP contribution is -2.49. The first-order valence-corrected chi connectivity index (χ1v) is 7.12. The third-order valence-electron chi connectivity index (χ3n) is 4.04. The first-order valence-electron chi connectivity index (χ1n) is 7.12. The maximum Gasteiger partial charge on any atom is 0.0768 e. The minimum atomic E-state index is -0.633. The van der Waals surface area contributed by atoms with Gasteiger partial charge in [-0.05, 0) is 32.2 Å². The Labute approximate surface area is 112 Å². The summed E-state index contributed by atoms with van der Waals surface area (Å²) in [4.78, 5) is 2.33. The lowest BCUT2D eigenvalue weighted by molar-refractivity contribution is -0.0245. The van der Waals surface area contributed by atoms with Crippen molar-refractivity contribution in [2.24, 2.45) is 5.92 Å². The molecule has 0 aromatic heterocycles. The predicted molar refractivity (Wildman–Crippen MR) is 74.8 cm³/mol. The normalized spacial score (nSPS) is 23.8. The highest BCUT2D eigenvalue weighted by Crippen LogP contribution is 2.18. The van der Waals surface area contributed by atoms with Crippen molar-refractivity contribution < 1.29 is 9.84 Å². The number of hydrogen-bond acceptors (Lipinski definition) is 4. The fourth-order valence-electron chi connectivity index (χ4n) is 2.31. The summed E-state index contributed by atoms with van der Waals surface area (Å²) < 4.78 is 5.17. The summed E-state index contributed by atoms with van der Waals surface area (Å²) in [6.07, 6.45) is 2.51. The van der Waals surface area contributed by atoms with E-state index in [4.69, 9.17) is 4.74 Å². The minimum absolute atomic E-state index is 0.263. The summed E-state index contributed by atoms with van der Waals surface area (Å²) in [5.74, 6) is 0.263. The van der Waals surface area contributed by atoms with Crippen LogP contribution in [-0.4, -0.2) is 61.5 Å². The monoisotopic (exact) mass is 258 g/mol. The van der Waals surface area contributed by atoms with Crippen LogP contribution in [0.4, 0.5) is 0 Å². The smallest absolute Gasteiger partial charge is 0.0768 e. The minimum Gasteiger partial charge on any atom is -0.389 e. The second-order valence-corrected chi connectivity index (χ2v) is 6.03. The highest BCUT2D eigenvalue weighted by Gasteiger charge is 2.29. The molecule has 0 spiro atoms. The second-order valence-electron chi connectivity index (χ2n) is 6.03. The standard InChI is InChI=1S/C14H30N2O2/c1-12(2)14(3,17)11-16(8-9-18-4)10-13-6-5-7-15-13/h12-13,15,17H,5-11H2,1-4H3. The van der Waals surface area contributed by atoms with Gasteiger partial charge in [-0.3, -0.25) is 4.90 Å². The van der Waals surface area contributed by atoms with Crippen LogP contribution in [0, 0.1) is 5.92 Å². The predicted octanol–water partition coefficient (Wildman–Crippen LogP) is 1.09. The third-order valence-corrected chi connectivity index (χ3v) is 4.04. The molecule has 2 atom stereocenters. The fraction of sp³-hybridized carbons (Fsp3) is 1.00. The van der Waals surface area contributed by atoms with Gasteiger partial charge in [0.1, 0.15) is 0 Å². The van der Waals surface area contributed by atoms with E-state index in [1.165, 1.54) is 12.8 Å². The van der Waals surface area contributed by atoms with E-state index in [2.05, 4.69) is 24.1 Å². The summed E-state index contributed by atoms with van der Waals surface area (Å²) in [5.41, 5.74) is -0.633. The SMILES string of the molecule is COCCN(CC1CCCN1)CC(C)(O)C(C)C. The number of hydrogen-bond donors (Lipinski definition) is 2. The zero-order valence-corrected chi connectivity index (χ0v) is 12.4. The van der Waals surface area contributed by atoms with Crippen LogP contribution in [0.2, 0.25) is 0 Å². The lowest BCUT2D eigenvalue weighted by atomic mass is 9.92. The molecule has 1 fully saturated rings. The number of nitrogens with one attached hydrogen (secondary N) is 1. The second kappa shape index (κ2) is 7.43. The molecule has 1 rings (SSSR count). The molecule has 0 aromatic carbocycles. The van der Waals surface area contributed by atoms with Gasteiger partial charge >= 0.3 is 0 Å². The molecule has 1 aliphatic rings. The number of aliphatic hydroxyl groups is 1. The van der Waals surface area contributed by atoms with Crippen molar-refractivity contribution in [3.8, 4) is 0 Å². The van der Waals surface area contributed by atoms with Gasteiger partial charge in [0.15, 0.2) is 0 Å². The van der Waals surface area contributed by atoms with E-state index in [1.54, 1.807) is 7.11 Å². The number of rotatable bonds is 8. The van der Waals surface area contributed by atoms with Crippen molar-refractivity contribution >= 4 is 0 Å². The van der Waals surface area contributed by atoms with Crippen molar-refractivity contribution in [3.63, 3.8) is 0 Å². The van der Waals surface area contributed by atoms with Gasteiger partial charge in [0.2, 0.25) is 0 Å². The van der Waals surface area contributed by atoms with Gasteiger partial charge in [-0.1, -0.05) is 13.8 Å². The zero-order valence-electron chi connectivity index (χ0n) is 12.4. The van der Waals surface area contributed by atoms with E-state index in [9.17, 15) is 5.11 Å². The Balaban J connectivity index is 2.48. The Morgan fingerprint density at radius 2 is 2.22 bits per heavy atom. The largest absolute Gasteiger partial charge is 0.389 e. The van der Waals surface area contributed by atoms with Gasteiger partial charge in [0, 0.05) is 32.8 Å². The molecule has 0 aliphatic carbocycles. The number of ether oxygens (including phenoxy) is 1. The topological polar surface area (TPSA) is 44.7 Å². The highest BCUT2D eigenvalue weighted by molar-refractivity contribution is 4.84. The average Bonchev–Trinajstić information content (AvgIpc) is 2.78. The zero-order chi connectivity index (χ0) is 13.6. The quantitative estimate of drug-likeness (QED) is 0.684. The van der Waals surface area contributed by atoms with E-state index in [0.29, 0.717) is 12.6 Å². The third kappa shape index (κ3) is 5.22. The first-order chi connectivity index (χ1) is 8.45. The maximum absolute atomic E-state index is 10.4. The van der Waals surface area contributed by atoms with E-state index in [1.807, 2.05) is 6.92 Å². The Bertz CT molecular complexity index is 226. The molecule has 4 nitrogen and oxygen atoms in total. The molecular weight excluding hydrogens is 228 g/mol. The Morgan fingerprint density at radius 1 is 1.50 bits per heavy atom. The molecule has 1 saturated heterocycles. The van der Waals surface area contributed by atoms with Crippen LogP contribution in [0.3, 0.4) is 0 Å². The van der Waals surface area contributed by atoms with Crippen LogP contribution in [0.1, 0.15) is 33.6 Å². The van der Waals surface area contributed by atoms with E-state index >= 15 is 0 Å². The summed E-state index contributed by atoms with van der Waals surface area (Å²) in [6.45, 7) is 10.5. The molecule has 2 unspecified atom stereocenters. The van der Waals surface area contributed by atoms with Crippen LogP contribution in [0.5, 0.6) is 0 Å². The number of methoxy groups -OCH3 is 1. The van der Waals surface area contributed by atoms with Crippen LogP contribution >= 0.6 is 0 Å². The van der Waals surface area contributed by atoms with Crippen molar-refractivity contribution in [2.45, 2.75) is 45.3 Å². The van der Waals surface area contributed by atoms with Gasteiger partial charge in [-0.2, -0.15) is 0 Å². The highest BCUT2D eigenvalue weighted by atomic mass is 16.5. The van der Waals surface area contributed by atoms with Gasteiger partial charge in [0.25, 0.3) is 0 Å². The van der Waals surface area contributed by atoms with Crippen molar-refractivity contribution in [2.75, 3.05) is 39.9 Å². The maximum atomic E-state index is 10.4. The van der Waals surface area contributed by atoms with Crippen molar-refractivity contribution in [1.29, 1.82) is 0 Å². The summed E-state index contributed by atoms with van der Waals surface area (Å²) >= 11 is 0. The van der Waals surface area contributed by atoms with E-state index < -0.39 is 5.60 Å². The Morgan fingerprint density at radius 3 is 2.72 bits per heavy atom.